The summed E-state index contributed by atoms with van der Waals surface area (Å²) in [5, 5.41) is 72.1. The van der Waals surface area contributed by atoms with Gasteiger partial charge in [-0.25, -0.2) is 0 Å². The molecule has 2 fully saturated rings. The van der Waals surface area contributed by atoms with Gasteiger partial charge in [-0.3, -0.25) is 4.79 Å². The van der Waals surface area contributed by atoms with E-state index >= 15 is 0 Å². The van der Waals surface area contributed by atoms with Gasteiger partial charge in [0.1, 0.15) is 54.9 Å². The molecule has 7 N–H and O–H groups in total. The van der Waals surface area contributed by atoms with Gasteiger partial charge in [0.2, 0.25) is 0 Å². The number of rotatable bonds is 41. The molecular formula is C52H94O14. The molecule has 11 atom stereocenters. The van der Waals surface area contributed by atoms with Crippen LogP contribution in [0, 0.1) is 0 Å². The van der Waals surface area contributed by atoms with Gasteiger partial charge in [0.25, 0.3) is 0 Å². The van der Waals surface area contributed by atoms with Crippen molar-refractivity contribution < 1.29 is 69.0 Å². The van der Waals surface area contributed by atoms with E-state index in [0.717, 1.165) is 77.0 Å². The minimum atomic E-state index is -1.71. The van der Waals surface area contributed by atoms with Crippen molar-refractivity contribution in [2.45, 2.75) is 255 Å². The number of ether oxygens (including phenoxy) is 6. The highest BCUT2D eigenvalue weighted by atomic mass is 16.7. The lowest BCUT2D eigenvalue weighted by atomic mass is 9.98. The van der Waals surface area contributed by atoms with Gasteiger partial charge in [-0.2, -0.15) is 0 Å². The molecule has 386 valence electrons. The van der Waals surface area contributed by atoms with Gasteiger partial charge in [0.05, 0.1) is 26.4 Å². The zero-order valence-corrected chi connectivity index (χ0v) is 40.9. The number of esters is 1. The standard InChI is InChI=1S/C52H94O14/c1-3-5-7-9-11-13-15-17-19-20-22-24-26-28-30-32-34-36-61-38-41(64-44(54)35-33-31-29-27-25-23-21-18-16-14-12-10-8-6-4-2)39-62-51-50(60)48(58)46(56)43(66-51)40-63-52-49(59)47(57)45(55)42(37-53)65-52/h13,15,18-21,41-43,45-53,55-60H,3-12,14,16-17,22-40H2,1-2H3/b15-13-,20-19-,21-18-. The van der Waals surface area contributed by atoms with Gasteiger partial charge in [0, 0.05) is 13.0 Å². The predicted octanol–water partition coefficient (Wildman–Crippen LogP) is 7.80. The number of carbonyl (C=O) groups is 1. The van der Waals surface area contributed by atoms with Gasteiger partial charge in [-0.1, -0.05) is 147 Å². The predicted molar refractivity (Wildman–Crippen MR) is 256 cm³/mol. The molecule has 14 heteroatoms. The number of aliphatic hydroxyl groups excluding tert-OH is 7. The van der Waals surface area contributed by atoms with Crippen molar-refractivity contribution in [3.05, 3.63) is 36.5 Å². The highest BCUT2D eigenvalue weighted by molar-refractivity contribution is 5.69. The van der Waals surface area contributed by atoms with Crippen LogP contribution in [0.4, 0.5) is 0 Å². The first-order chi connectivity index (χ1) is 32.1. The zero-order valence-electron chi connectivity index (χ0n) is 40.9. The Morgan fingerprint density at radius 3 is 1.48 bits per heavy atom. The lowest BCUT2D eigenvalue weighted by Crippen LogP contribution is -2.61. The molecule has 14 nitrogen and oxygen atoms in total. The maximum atomic E-state index is 13.0. The summed E-state index contributed by atoms with van der Waals surface area (Å²) in [6.45, 7) is 3.63. The van der Waals surface area contributed by atoms with E-state index in [1.165, 1.54) is 83.5 Å². The first-order valence-corrected chi connectivity index (χ1v) is 26.1. The molecular weight excluding hydrogens is 849 g/mol. The lowest BCUT2D eigenvalue weighted by Gasteiger charge is -2.42. The fraction of sp³-hybridized carbons (Fsp3) is 0.865. The van der Waals surface area contributed by atoms with Crippen LogP contribution in [0.1, 0.15) is 187 Å². The normalized spacial score (nSPS) is 26.6. The summed E-state index contributed by atoms with van der Waals surface area (Å²) < 4.78 is 34.3. The van der Waals surface area contributed by atoms with Gasteiger partial charge in [-0.15, -0.1) is 0 Å². The minimum absolute atomic E-state index is 0.0517. The van der Waals surface area contributed by atoms with E-state index in [9.17, 15) is 40.5 Å². The third-order valence-electron chi connectivity index (χ3n) is 12.4. The van der Waals surface area contributed by atoms with Gasteiger partial charge in [0.15, 0.2) is 12.6 Å². The van der Waals surface area contributed by atoms with Crippen LogP contribution in [0.2, 0.25) is 0 Å². The Balaban J connectivity index is 1.78. The molecule has 2 heterocycles. The fourth-order valence-electron chi connectivity index (χ4n) is 8.07. The monoisotopic (exact) mass is 943 g/mol. The molecule has 0 aromatic heterocycles. The van der Waals surface area contributed by atoms with Gasteiger partial charge >= 0.3 is 5.97 Å². The second kappa shape index (κ2) is 40.0. The van der Waals surface area contributed by atoms with Crippen LogP contribution >= 0.6 is 0 Å². The Kier molecular flexibility index (Phi) is 36.6. The van der Waals surface area contributed by atoms with Crippen molar-refractivity contribution in [1.82, 2.24) is 0 Å². The van der Waals surface area contributed by atoms with Crippen LogP contribution in [0.25, 0.3) is 0 Å². The van der Waals surface area contributed by atoms with E-state index in [4.69, 9.17) is 28.4 Å². The maximum absolute atomic E-state index is 13.0. The summed E-state index contributed by atoms with van der Waals surface area (Å²) in [6.07, 6.45) is 27.7. The van der Waals surface area contributed by atoms with Crippen molar-refractivity contribution in [3.8, 4) is 0 Å². The molecule has 0 aromatic rings. The van der Waals surface area contributed by atoms with E-state index in [1.807, 2.05) is 0 Å². The van der Waals surface area contributed by atoms with E-state index in [0.29, 0.717) is 13.0 Å². The van der Waals surface area contributed by atoms with E-state index in [-0.39, 0.29) is 25.6 Å². The SMILES string of the molecule is CCCCCC/C=C\C/C=C\CCCCCCCCOCC(COC1OC(COC2OC(CO)C(O)C(O)C2O)C(O)C(O)C1O)OC(=O)CCCCCCC/C=C\CCCCCCCC. The van der Waals surface area contributed by atoms with Crippen molar-refractivity contribution in [2.24, 2.45) is 0 Å². The average molecular weight is 943 g/mol. The Labute approximate surface area is 398 Å². The topological polar surface area (TPSA) is 214 Å². The van der Waals surface area contributed by atoms with Crippen molar-refractivity contribution >= 4 is 5.97 Å². The number of hydrogen-bond acceptors (Lipinski definition) is 14. The maximum Gasteiger partial charge on any atom is 0.306 e. The Morgan fingerprint density at radius 2 is 0.939 bits per heavy atom. The summed E-state index contributed by atoms with van der Waals surface area (Å²) >= 11 is 0. The molecule has 2 aliphatic heterocycles. The van der Waals surface area contributed by atoms with Crippen LogP contribution in [0.5, 0.6) is 0 Å². The average Bonchev–Trinajstić information content (AvgIpc) is 3.31. The van der Waals surface area contributed by atoms with E-state index in [2.05, 4.69) is 50.3 Å². The van der Waals surface area contributed by atoms with Crippen molar-refractivity contribution in [1.29, 1.82) is 0 Å². The number of allylic oxidation sites excluding steroid dienone is 6. The number of carbonyl (C=O) groups excluding carboxylic acids is 1. The third kappa shape index (κ3) is 27.4. The summed E-state index contributed by atoms with van der Waals surface area (Å²) in [4.78, 5) is 13.0. The van der Waals surface area contributed by atoms with Crippen LogP contribution in [-0.2, 0) is 33.2 Å². The van der Waals surface area contributed by atoms with Crippen LogP contribution in [0.3, 0.4) is 0 Å². The first kappa shape index (κ1) is 60.3. The van der Waals surface area contributed by atoms with Crippen molar-refractivity contribution in [3.63, 3.8) is 0 Å². The quantitative estimate of drug-likeness (QED) is 0.0177. The van der Waals surface area contributed by atoms with E-state index < -0.39 is 80.7 Å². The largest absolute Gasteiger partial charge is 0.457 e. The minimum Gasteiger partial charge on any atom is -0.457 e. The summed E-state index contributed by atoms with van der Waals surface area (Å²) in [5.74, 6) is -0.389. The molecule has 0 amide bonds. The lowest BCUT2D eigenvalue weighted by molar-refractivity contribution is -0.332. The molecule has 0 bridgehead atoms. The number of hydrogen-bond donors (Lipinski definition) is 7. The van der Waals surface area contributed by atoms with E-state index in [1.54, 1.807) is 0 Å². The second-order valence-corrected chi connectivity index (χ2v) is 18.3. The number of unbranched alkanes of at least 4 members (excludes halogenated alkanes) is 21. The van der Waals surface area contributed by atoms with Crippen molar-refractivity contribution in [2.75, 3.05) is 33.0 Å². The molecule has 2 rings (SSSR count). The second-order valence-electron chi connectivity index (χ2n) is 18.3. The Hall–Kier alpha value is -1.79. The molecule has 0 aliphatic carbocycles. The highest BCUT2D eigenvalue weighted by Gasteiger charge is 2.47. The molecule has 0 spiro atoms. The molecule has 0 radical (unpaired) electrons. The zero-order chi connectivity index (χ0) is 48.0. The third-order valence-corrected chi connectivity index (χ3v) is 12.4. The van der Waals surface area contributed by atoms with Gasteiger partial charge < -0.3 is 64.2 Å². The van der Waals surface area contributed by atoms with Gasteiger partial charge in [-0.05, 0) is 70.6 Å². The Morgan fingerprint density at radius 1 is 0.500 bits per heavy atom. The molecule has 0 aromatic carbocycles. The summed E-state index contributed by atoms with van der Waals surface area (Å²) in [6, 6.07) is 0. The van der Waals surface area contributed by atoms with Crippen LogP contribution in [-0.4, -0.2) is 142 Å². The first-order valence-electron chi connectivity index (χ1n) is 26.1. The molecule has 11 unspecified atom stereocenters. The molecule has 2 aliphatic rings. The molecule has 2 saturated heterocycles. The molecule has 66 heavy (non-hydrogen) atoms. The fourth-order valence-corrected chi connectivity index (χ4v) is 8.07. The van der Waals surface area contributed by atoms with Crippen LogP contribution < -0.4 is 0 Å². The highest BCUT2D eigenvalue weighted by Crippen LogP contribution is 2.26. The van der Waals surface area contributed by atoms with Crippen LogP contribution in [0.15, 0.2) is 36.5 Å². The summed E-state index contributed by atoms with van der Waals surface area (Å²) in [7, 11) is 0. The smallest absolute Gasteiger partial charge is 0.306 e. The number of aliphatic hydroxyl groups is 7. The summed E-state index contributed by atoms with van der Waals surface area (Å²) in [5.41, 5.74) is 0. The molecule has 0 saturated carbocycles. The Bertz CT molecular complexity index is 1230.